The molecule has 14 heavy (non-hydrogen) atoms. The Hall–Kier alpha value is -0.0800. The number of hydrogen-bond donors (Lipinski definition) is 2. The number of aliphatic hydroxyl groups is 1. The monoisotopic (exact) mass is 201 g/mol. The summed E-state index contributed by atoms with van der Waals surface area (Å²) in [6.07, 6.45) is 7.67. The van der Waals surface area contributed by atoms with E-state index in [1.807, 2.05) is 0 Å². The van der Waals surface area contributed by atoms with Crippen LogP contribution >= 0.6 is 0 Å². The average molecular weight is 201 g/mol. The molecule has 0 rings (SSSR count). The van der Waals surface area contributed by atoms with Gasteiger partial charge < -0.3 is 10.4 Å². The molecule has 0 spiro atoms. The van der Waals surface area contributed by atoms with Crippen LogP contribution in [0.4, 0.5) is 0 Å². The van der Waals surface area contributed by atoms with Gasteiger partial charge in [0.2, 0.25) is 0 Å². The normalized spacial score (nSPS) is 13.1. The summed E-state index contributed by atoms with van der Waals surface area (Å²) in [5.41, 5.74) is 0. The standard InChI is InChI=1S/C12H27NO/c1-3-4-5-6-9-13-10-7-8-12(2)11-14/h12-14H,3-11H2,1-2H3. The van der Waals surface area contributed by atoms with Crippen LogP contribution in [0, 0.1) is 5.92 Å². The van der Waals surface area contributed by atoms with Crippen molar-refractivity contribution in [1.29, 1.82) is 0 Å². The molecule has 0 aromatic rings. The maximum absolute atomic E-state index is 8.81. The fourth-order valence-corrected chi connectivity index (χ4v) is 1.47. The summed E-state index contributed by atoms with van der Waals surface area (Å²) in [4.78, 5) is 0. The molecule has 0 aromatic heterocycles. The number of aliphatic hydroxyl groups excluding tert-OH is 1. The zero-order valence-corrected chi connectivity index (χ0v) is 9.89. The van der Waals surface area contributed by atoms with Gasteiger partial charge in [0.25, 0.3) is 0 Å². The highest BCUT2D eigenvalue weighted by molar-refractivity contribution is 4.54. The molecule has 2 N–H and O–H groups in total. The Kier molecular flexibility index (Phi) is 10.9. The lowest BCUT2D eigenvalue weighted by Gasteiger charge is -2.08. The summed E-state index contributed by atoms with van der Waals surface area (Å²) in [5.74, 6) is 0.469. The zero-order chi connectivity index (χ0) is 10.6. The minimum Gasteiger partial charge on any atom is -0.396 e. The largest absolute Gasteiger partial charge is 0.396 e. The number of nitrogens with one attached hydrogen (secondary N) is 1. The molecule has 1 unspecified atom stereocenters. The average Bonchev–Trinajstić information content (AvgIpc) is 2.21. The molecule has 86 valence electrons. The molecular formula is C12H27NO. The van der Waals surface area contributed by atoms with Crippen molar-refractivity contribution in [3.05, 3.63) is 0 Å². The number of rotatable bonds is 10. The lowest BCUT2D eigenvalue weighted by Crippen LogP contribution is -2.17. The van der Waals surface area contributed by atoms with Crippen molar-refractivity contribution < 1.29 is 5.11 Å². The summed E-state index contributed by atoms with van der Waals surface area (Å²) in [6.45, 7) is 6.94. The molecule has 0 saturated carbocycles. The summed E-state index contributed by atoms with van der Waals surface area (Å²) in [7, 11) is 0. The van der Waals surface area contributed by atoms with Gasteiger partial charge in [-0.05, 0) is 38.3 Å². The minimum atomic E-state index is 0.330. The van der Waals surface area contributed by atoms with E-state index < -0.39 is 0 Å². The van der Waals surface area contributed by atoms with Crippen LogP contribution in [0.25, 0.3) is 0 Å². The van der Waals surface area contributed by atoms with Crippen molar-refractivity contribution in [2.75, 3.05) is 19.7 Å². The van der Waals surface area contributed by atoms with Gasteiger partial charge in [0.05, 0.1) is 0 Å². The van der Waals surface area contributed by atoms with Crippen LogP contribution in [-0.4, -0.2) is 24.8 Å². The van der Waals surface area contributed by atoms with E-state index in [4.69, 9.17) is 5.11 Å². The predicted molar refractivity (Wildman–Crippen MR) is 62.5 cm³/mol. The SMILES string of the molecule is CCCCCCNCCCC(C)CO. The Balaban J connectivity index is 2.92. The van der Waals surface area contributed by atoms with Crippen LogP contribution < -0.4 is 5.32 Å². The van der Waals surface area contributed by atoms with Crippen LogP contribution in [0.2, 0.25) is 0 Å². The van der Waals surface area contributed by atoms with Crippen LogP contribution in [0.1, 0.15) is 52.4 Å². The molecule has 0 aliphatic rings. The first-order chi connectivity index (χ1) is 6.81. The lowest BCUT2D eigenvalue weighted by molar-refractivity contribution is 0.228. The van der Waals surface area contributed by atoms with Crippen LogP contribution in [0.15, 0.2) is 0 Å². The van der Waals surface area contributed by atoms with Gasteiger partial charge in [-0.1, -0.05) is 33.1 Å². The van der Waals surface area contributed by atoms with E-state index in [1.165, 1.54) is 32.1 Å². The Morgan fingerprint density at radius 2 is 1.79 bits per heavy atom. The van der Waals surface area contributed by atoms with Gasteiger partial charge >= 0.3 is 0 Å². The molecule has 2 heteroatoms. The smallest absolute Gasteiger partial charge is 0.0456 e. The molecule has 0 heterocycles. The van der Waals surface area contributed by atoms with Gasteiger partial charge in [0.1, 0.15) is 0 Å². The number of hydrogen-bond acceptors (Lipinski definition) is 2. The van der Waals surface area contributed by atoms with Gasteiger partial charge in [-0.15, -0.1) is 0 Å². The van der Waals surface area contributed by atoms with Crippen molar-refractivity contribution in [2.24, 2.45) is 5.92 Å². The first-order valence-corrected chi connectivity index (χ1v) is 6.12. The van der Waals surface area contributed by atoms with Gasteiger partial charge in [-0.25, -0.2) is 0 Å². The molecule has 0 amide bonds. The predicted octanol–water partition coefficient (Wildman–Crippen LogP) is 2.56. The molecule has 0 saturated heterocycles. The van der Waals surface area contributed by atoms with Crippen molar-refractivity contribution in [3.63, 3.8) is 0 Å². The quantitative estimate of drug-likeness (QED) is 0.532. The van der Waals surface area contributed by atoms with E-state index in [2.05, 4.69) is 19.2 Å². The summed E-state index contributed by atoms with van der Waals surface area (Å²) < 4.78 is 0. The van der Waals surface area contributed by atoms with Crippen molar-refractivity contribution in [1.82, 2.24) is 5.32 Å². The summed E-state index contributed by atoms with van der Waals surface area (Å²) in [6, 6.07) is 0. The van der Waals surface area contributed by atoms with Gasteiger partial charge in [-0.2, -0.15) is 0 Å². The second-order valence-corrected chi connectivity index (χ2v) is 4.24. The third kappa shape index (κ3) is 10.0. The molecule has 0 bridgehead atoms. The molecule has 0 aliphatic heterocycles. The fraction of sp³-hybridized carbons (Fsp3) is 1.00. The lowest BCUT2D eigenvalue weighted by atomic mass is 10.1. The highest BCUT2D eigenvalue weighted by atomic mass is 16.3. The van der Waals surface area contributed by atoms with E-state index in [0.29, 0.717) is 12.5 Å². The van der Waals surface area contributed by atoms with Crippen LogP contribution in [-0.2, 0) is 0 Å². The third-order valence-corrected chi connectivity index (χ3v) is 2.57. The highest BCUT2D eigenvalue weighted by Crippen LogP contribution is 2.02. The molecule has 0 fully saturated rings. The Bertz CT molecular complexity index is 106. The van der Waals surface area contributed by atoms with E-state index in [9.17, 15) is 0 Å². The maximum atomic E-state index is 8.81. The Morgan fingerprint density at radius 1 is 1.07 bits per heavy atom. The first-order valence-electron chi connectivity index (χ1n) is 6.12. The van der Waals surface area contributed by atoms with Crippen molar-refractivity contribution in [2.45, 2.75) is 52.4 Å². The van der Waals surface area contributed by atoms with E-state index in [1.54, 1.807) is 0 Å². The molecule has 0 radical (unpaired) electrons. The Morgan fingerprint density at radius 3 is 2.43 bits per heavy atom. The van der Waals surface area contributed by atoms with Gasteiger partial charge in [-0.3, -0.25) is 0 Å². The van der Waals surface area contributed by atoms with E-state index in [-0.39, 0.29) is 0 Å². The van der Waals surface area contributed by atoms with E-state index in [0.717, 1.165) is 19.5 Å². The third-order valence-electron chi connectivity index (χ3n) is 2.57. The molecule has 0 aromatic carbocycles. The molecular weight excluding hydrogens is 174 g/mol. The zero-order valence-electron chi connectivity index (χ0n) is 9.89. The van der Waals surface area contributed by atoms with Gasteiger partial charge in [0, 0.05) is 6.61 Å². The van der Waals surface area contributed by atoms with Crippen molar-refractivity contribution >= 4 is 0 Å². The summed E-state index contributed by atoms with van der Waals surface area (Å²) >= 11 is 0. The molecule has 0 aliphatic carbocycles. The van der Waals surface area contributed by atoms with E-state index >= 15 is 0 Å². The fourth-order valence-electron chi connectivity index (χ4n) is 1.47. The second-order valence-electron chi connectivity index (χ2n) is 4.24. The first kappa shape index (κ1) is 13.9. The molecule has 1 atom stereocenters. The molecule has 2 nitrogen and oxygen atoms in total. The maximum Gasteiger partial charge on any atom is 0.0456 e. The van der Waals surface area contributed by atoms with Crippen LogP contribution in [0.3, 0.4) is 0 Å². The van der Waals surface area contributed by atoms with Crippen LogP contribution in [0.5, 0.6) is 0 Å². The highest BCUT2D eigenvalue weighted by Gasteiger charge is 1.98. The second kappa shape index (κ2) is 11.0. The topological polar surface area (TPSA) is 32.3 Å². The number of unbranched alkanes of at least 4 members (excludes halogenated alkanes) is 3. The van der Waals surface area contributed by atoms with Crippen molar-refractivity contribution in [3.8, 4) is 0 Å². The van der Waals surface area contributed by atoms with Gasteiger partial charge in [0.15, 0.2) is 0 Å². The Labute approximate surface area is 89.1 Å². The summed E-state index contributed by atoms with van der Waals surface area (Å²) in [5, 5.41) is 12.3. The minimum absolute atomic E-state index is 0.330.